The fourth-order valence-electron chi connectivity index (χ4n) is 4.50. The van der Waals surface area contributed by atoms with Crippen molar-refractivity contribution in [2.24, 2.45) is 9.98 Å². The molecule has 205 valence electrons. The van der Waals surface area contributed by atoms with Crippen LogP contribution in [0.15, 0.2) is 131 Å². The predicted molar refractivity (Wildman–Crippen MR) is 164 cm³/mol. The molecule has 0 spiro atoms. The van der Waals surface area contributed by atoms with Crippen molar-refractivity contribution in [3.8, 4) is 11.5 Å². The zero-order valence-corrected chi connectivity index (χ0v) is 23.7. The first kappa shape index (κ1) is 29.3. The second-order valence-corrected chi connectivity index (χ2v) is 9.49. The predicted octanol–water partition coefficient (Wildman–Crippen LogP) is 7.94. The molecule has 0 heterocycles. The fraction of sp³-hybridized carbons (Fsp3) is 0.0556. The Balaban J connectivity index is 0.000000184. The van der Waals surface area contributed by atoms with Crippen molar-refractivity contribution in [1.82, 2.24) is 0 Å². The van der Waals surface area contributed by atoms with Crippen LogP contribution >= 0.6 is 0 Å². The number of benzene rings is 6. The number of nitrogens with zero attached hydrogens (tertiary/aromatic N) is 2. The zero-order chi connectivity index (χ0) is 27.9. The van der Waals surface area contributed by atoms with E-state index < -0.39 is 0 Å². The summed E-state index contributed by atoms with van der Waals surface area (Å²) in [6.07, 6.45) is 3.35. The van der Waals surface area contributed by atoms with E-state index in [0.717, 1.165) is 44.0 Å². The molecule has 0 aromatic heterocycles. The van der Waals surface area contributed by atoms with Gasteiger partial charge in [0.15, 0.2) is 0 Å². The third-order valence-electron chi connectivity index (χ3n) is 6.76. The van der Waals surface area contributed by atoms with Crippen molar-refractivity contribution in [1.29, 1.82) is 0 Å². The number of aryl methyl sites for hydroxylation is 2. The van der Waals surface area contributed by atoms with Crippen LogP contribution in [0, 0.1) is 13.8 Å². The van der Waals surface area contributed by atoms with Crippen LogP contribution < -0.4 is 10.2 Å². The van der Waals surface area contributed by atoms with Gasteiger partial charge in [0.2, 0.25) is 0 Å². The van der Waals surface area contributed by atoms with Gasteiger partial charge in [-0.3, -0.25) is 9.98 Å². The molecule has 6 aromatic rings. The summed E-state index contributed by atoms with van der Waals surface area (Å²) >= 11 is 0. The molecule has 0 amide bonds. The van der Waals surface area contributed by atoms with E-state index in [1.165, 1.54) is 0 Å². The Bertz CT molecular complexity index is 1720. The summed E-state index contributed by atoms with van der Waals surface area (Å²) in [5.74, 6) is 0.00192. The van der Waals surface area contributed by atoms with E-state index in [2.05, 4.69) is 9.98 Å². The Kier molecular flexibility index (Phi) is 9.70. The first-order valence-electron chi connectivity index (χ1n) is 13.1. The molecule has 4 nitrogen and oxygen atoms in total. The van der Waals surface area contributed by atoms with Gasteiger partial charge in [0.1, 0.15) is 0 Å². The van der Waals surface area contributed by atoms with Gasteiger partial charge in [-0.25, -0.2) is 0 Å². The van der Waals surface area contributed by atoms with Gasteiger partial charge in [0, 0.05) is 12.4 Å². The van der Waals surface area contributed by atoms with Crippen LogP contribution in [-0.4, -0.2) is 12.4 Å². The molecule has 0 saturated carbocycles. The number of hydrogen-bond acceptors (Lipinski definition) is 4. The molecule has 0 N–H and O–H groups in total. The third kappa shape index (κ3) is 6.90. The van der Waals surface area contributed by atoms with E-state index in [0.29, 0.717) is 11.1 Å². The van der Waals surface area contributed by atoms with Crippen molar-refractivity contribution in [3.05, 3.63) is 144 Å². The first-order valence-corrected chi connectivity index (χ1v) is 13.1. The number of fused-ring (bicyclic) bond motifs is 2. The van der Waals surface area contributed by atoms with Crippen LogP contribution in [-0.2, 0) is 17.1 Å². The Labute approximate surface area is 250 Å². The van der Waals surface area contributed by atoms with E-state index in [-0.39, 0.29) is 28.6 Å². The van der Waals surface area contributed by atoms with Gasteiger partial charge in [-0.05, 0) is 69.8 Å². The van der Waals surface area contributed by atoms with Crippen molar-refractivity contribution >= 4 is 45.3 Å². The van der Waals surface area contributed by atoms with Crippen molar-refractivity contribution in [3.63, 3.8) is 0 Å². The number of hydrogen-bond donors (Lipinski definition) is 0. The number of rotatable bonds is 4. The molecule has 41 heavy (non-hydrogen) atoms. The molecule has 0 aliphatic carbocycles. The molecule has 0 unspecified atom stereocenters. The standard InChI is InChI=1S/2C18H15NO.Cu/c2*1-13-6-2-5-9-17(13)19-12-16-15-8-4-3-7-14(15)10-11-18(16)20;/h2*2-12,20H,1H3;/q;;+2/p-2. The van der Waals surface area contributed by atoms with Crippen LogP contribution in [0.4, 0.5) is 11.4 Å². The van der Waals surface area contributed by atoms with E-state index in [9.17, 15) is 10.2 Å². The van der Waals surface area contributed by atoms with Crippen LogP contribution in [0.5, 0.6) is 11.5 Å². The normalized spacial score (nSPS) is 11.0. The monoisotopic (exact) mass is 583 g/mol. The Morgan fingerprint density at radius 3 is 1.24 bits per heavy atom. The maximum absolute atomic E-state index is 12.0. The average molecular weight is 584 g/mol. The van der Waals surface area contributed by atoms with Crippen LogP contribution in [0.3, 0.4) is 0 Å². The molecule has 0 fully saturated rings. The summed E-state index contributed by atoms with van der Waals surface area (Å²) in [4.78, 5) is 8.92. The summed E-state index contributed by atoms with van der Waals surface area (Å²) in [6.45, 7) is 4.02. The Morgan fingerprint density at radius 1 is 0.463 bits per heavy atom. The fourth-order valence-corrected chi connectivity index (χ4v) is 4.50. The smallest absolute Gasteiger partial charge is 0.872 e. The SMILES string of the molecule is Cc1ccccc1N=Cc1c([O-])ccc2ccccc12.Cc1ccccc1N=Cc1c([O-])ccc2ccccc12.[Cu+2]. The molecular formula is C36H28CuN2O2. The second kappa shape index (κ2) is 13.6. The van der Waals surface area contributed by atoms with Crippen molar-refractivity contribution < 1.29 is 27.3 Å². The van der Waals surface area contributed by atoms with Crippen LogP contribution in [0.1, 0.15) is 22.3 Å². The molecular weight excluding hydrogens is 556 g/mol. The van der Waals surface area contributed by atoms with Gasteiger partial charge in [-0.1, -0.05) is 121 Å². The minimum absolute atomic E-state index is 0. The van der Waals surface area contributed by atoms with Crippen LogP contribution in [0.2, 0.25) is 0 Å². The van der Waals surface area contributed by atoms with Crippen molar-refractivity contribution in [2.45, 2.75) is 13.8 Å². The van der Waals surface area contributed by atoms with Gasteiger partial charge < -0.3 is 10.2 Å². The third-order valence-corrected chi connectivity index (χ3v) is 6.76. The van der Waals surface area contributed by atoms with E-state index in [4.69, 9.17) is 0 Å². The Morgan fingerprint density at radius 2 is 0.829 bits per heavy atom. The summed E-state index contributed by atoms with van der Waals surface area (Å²) in [7, 11) is 0. The molecule has 0 atom stereocenters. The number of para-hydroxylation sites is 2. The quantitative estimate of drug-likeness (QED) is 0.156. The van der Waals surface area contributed by atoms with E-state index in [1.54, 1.807) is 24.6 Å². The van der Waals surface area contributed by atoms with Gasteiger partial charge in [0.05, 0.1) is 11.4 Å². The molecule has 6 aromatic carbocycles. The van der Waals surface area contributed by atoms with Gasteiger partial charge in [-0.15, -0.1) is 0 Å². The van der Waals surface area contributed by atoms with Gasteiger partial charge in [-0.2, -0.15) is 0 Å². The van der Waals surface area contributed by atoms with Crippen LogP contribution in [0.25, 0.3) is 21.5 Å². The van der Waals surface area contributed by atoms with Gasteiger partial charge >= 0.3 is 17.1 Å². The molecule has 6 rings (SSSR count). The topological polar surface area (TPSA) is 70.8 Å². The zero-order valence-electron chi connectivity index (χ0n) is 22.7. The second-order valence-electron chi connectivity index (χ2n) is 9.49. The summed E-state index contributed by atoms with van der Waals surface area (Å²) in [5.41, 5.74) is 5.25. The number of aliphatic imine (C=N–C) groups is 2. The van der Waals surface area contributed by atoms with Crippen molar-refractivity contribution in [2.75, 3.05) is 0 Å². The average Bonchev–Trinajstić information content (AvgIpc) is 2.98. The largest absolute Gasteiger partial charge is 2.00 e. The van der Waals surface area contributed by atoms with Gasteiger partial charge in [0.25, 0.3) is 0 Å². The molecule has 5 heteroatoms. The maximum atomic E-state index is 12.0. The minimum Gasteiger partial charge on any atom is -0.872 e. The minimum atomic E-state index is 0. The van der Waals surface area contributed by atoms with E-state index >= 15 is 0 Å². The summed E-state index contributed by atoms with van der Waals surface area (Å²) < 4.78 is 0. The summed E-state index contributed by atoms with van der Waals surface area (Å²) in [6, 6.07) is 38.4. The molecule has 1 radical (unpaired) electrons. The summed E-state index contributed by atoms with van der Waals surface area (Å²) in [5, 5.41) is 28.1. The first-order chi connectivity index (χ1) is 19.5. The maximum Gasteiger partial charge on any atom is 2.00 e. The molecule has 0 saturated heterocycles. The van der Waals surface area contributed by atoms with E-state index in [1.807, 2.05) is 123 Å². The molecule has 0 aliphatic heterocycles. The Hall–Kier alpha value is -4.70. The molecule has 0 bridgehead atoms. The molecule has 0 aliphatic rings.